The number of rotatable bonds is 6. The number of carbonyl (C=O) groups is 2. The zero-order valence-corrected chi connectivity index (χ0v) is 13.6. The highest BCUT2D eigenvalue weighted by molar-refractivity contribution is 6.05. The van der Waals surface area contributed by atoms with E-state index in [2.05, 4.69) is 29.5 Å². The molecule has 0 spiro atoms. The van der Waals surface area contributed by atoms with E-state index < -0.39 is 0 Å². The molecule has 1 amide bonds. The van der Waals surface area contributed by atoms with Crippen LogP contribution in [0.15, 0.2) is 42.7 Å². The number of hydrogen-bond acceptors (Lipinski definition) is 4. The number of ketones is 1. The lowest BCUT2D eigenvalue weighted by Gasteiger charge is -2.10. The molecular formula is C18H21N3O2. The van der Waals surface area contributed by atoms with Gasteiger partial charge in [-0.15, -0.1) is 0 Å². The standard InChI is InChI=1S/C18H21N3O2/c1-12(2)9-20-17-8-15(10-19-11-17)18(23)21-16-6-4-5-14(7-16)13(3)22/h4-8,10-12,20H,9H2,1-3H3,(H,21,23). The minimum atomic E-state index is -0.258. The molecule has 0 fully saturated rings. The van der Waals surface area contributed by atoms with Gasteiger partial charge in [-0.2, -0.15) is 0 Å². The molecule has 5 heteroatoms. The second-order valence-corrected chi connectivity index (χ2v) is 5.83. The van der Waals surface area contributed by atoms with Crippen molar-refractivity contribution in [2.24, 2.45) is 5.92 Å². The van der Waals surface area contributed by atoms with Crippen LogP contribution in [0.25, 0.3) is 0 Å². The Balaban J connectivity index is 2.10. The van der Waals surface area contributed by atoms with E-state index in [1.165, 1.54) is 13.1 Å². The van der Waals surface area contributed by atoms with Crippen LogP contribution in [-0.2, 0) is 0 Å². The van der Waals surface area contributed by atoms with E-state index in [9.17, 15) is 9.59 Å². The Labute approximate surface area is 136 Å². The number of nitrogens with zero attached hydrogens (tertiary/aromatic N) is 1. The highest BCUT2D eigenvalue weighted by atomic mass is 16.1. The van der Waals surface area contributed by atoms with Gasteiger partial charge in [-0.1, -0.05) is 26.0 Å². The summed E-state index contributed by atoms with van der Waals surface area (Å²) in [6.45, 7) is 6.53. The van der Waals surface area contributed by atoms with Gasteiger partial charge in [0.2, 0.25) is 0 Å². The molecule has 0 aliphatic carbocycles. The molecule has 0 aliphatic rings. The highest BCUT2D eigenvalue weighted by Gasteiger charge is 2.09. The van der Waals surface area contributed by atoms with Crippen LogP contribution in [0.2, 0.25) is 0 Å². The Morgan fingerprint density at radius 3 is 2.52 bits per heavy atom. The quantitative estimate of drug-likeness (QED) is 0.800. The topological polar surface area (TPSA) is 71.1 Å². The van der Waals surface area contributed by atoms with Crippen molar-refractivity contribution in [2.45, 2.75) is 20.8 Å². The molecule has 1 heterocycles. The fourth-order valence-electron chi connectivity index (χ4n) is 2.00. The SMILES string of the molecule is CC(=O)c1cccc(NC(=O)c2cncc(NCC(C)C)c2)c1. The van der Waals surface area contributed by atoms with Gasteiger partial charge in [-0.05, 0) is 31.0 Å². The summed E-state index contributed by atoms with van der Waals surface area (Å²) in [5.74, 6) is 0.204. The molecule has 0 bridgehead atoms. The Morgan fingerprint density at radius 1 is 1.09 bits per heavy atom. The number of Topliss-reactive ketones (excluding diaryl/α,β-unsaturated/α-hetero) is 1. The van der Waals surface area contributed by atoms with E-state index in [4.69, 9.17) is 0 Å². The van der Waals surface area contributed by atoms with E-state index in [1.807, 2.05) is 0 Å². The van der Waals surface area contributed by atoms with Gasteiger partial charge >= 0.3 is 0 Å². The van der Waals surface area contributed by atoms with Gasteiger partial charge in [0.25, 0.3) is 5.91 Å². The van der Waals surface area contributed by atoms with Crippen LogP contribution in [0.1, 0.15) is 41.5 Å². The summed E-state index contributed by atoms with van der Waals surface area (Å²) < 4.78 is 0. The summed E-state index contributed by atoms with van der Waals surface area (Å²) in [6.07, 6.45) is 3.21. The van der Waals surface area contributed by atoms with E-state index in [0.717, 1.165) is 12.2 Å². The van der Waals surface area contributed by atoms with Gasteiger partial charge in [-0.25, -0.2) is 0 Å². The summed E-state index contributed by atoms with van der Waals surface area (Å²) in [6, 6.07) is 8.63. The Hall–Kier alpha value is -2.69. The molecule has 2 N–H and O–H groups in total. The zero-order valence-electron chi connectivity index (χ0n) is 13.6. The van der Waals surface area contributed by atoms with Crippen LogP contribution >= 0.6 is 0 Å². The second-order valence-electron chi connectivity index (χ2n) is 5.83. The van der Waals surface area contributed by atoms with Crippen molar-refractivity contribution in [1.82, 2.24) is 4.98 Å². The zero-order chi connectivity index (χ0) is 16.8. The van der Waals surface area contributed by atoms with Crippen molar-refractivity contribution in [3.8, 4) is 0 Å². The first-order chi connectivity index (χ1) is 11.0. The Kier molecular flexibility index (Phi) is 5.46. The first-order valence-electron chi connectivity index (χ1n) is 7.57. The monoisotopic (exact) mass is 311 g/mol. The summed E-state index contributed by atoms with van der Waals surface area (Å²) in [4.78, 5) is 27.8. The van der Waals surface area contributed by atoms with Gasteiger partial charge in [0.1, 0.15) is 0 Å². The van der Waals surface area contributed by atoms with Crippen molar-refractivity contribution in [1.29, 1.82) is 0 Å². The molecule has 0 radical (unpaired) electrons. The maximum Gasteiger partial charge on any atom is 0.257 e. The lowest BCUT2D eigenvalue weighted by molar-refractivity contribution is 0.101. The molecule has 1 aromatic carbocycles. The molecule has 0 saturated carbocycles. The predicted octanol–water partition coefficient (Wildman–Crippen LogP) is 3.60. The maximum absolute atomic E-state index is 12.3. The summed E-state index contributed by atoms with van der Waals surface area (Å²) in [7, 11) is 0. The number of aromatic nitrogens is 1. The van der Waals surface area contributed by atoms with Crippen molar-refractivity contribution >= 4 is 23.1 Å². The lowest BCUT2D eigenvalue weighted by atomic mass is 10.1. The van der Waals surface area contributed by atoms with Crippen LogP contribution in [0.3, 0.4) is 0 Å². The molecule has 5 nitrogen and oxygen atoms in total. The molecule has 0 atom stereocenters. The average Bonchev–Trinajstić information content (AvgIpc) is 2.53. The summed E-state index contributed by atoms with van der Waals surface area (Å²) >= 11 is 0. The highest BCUT2D eigenvalue weighted by Crippen LogP contribution is 2.14. The maximum atomic E-state index is 12.3. The van der Waals surface area contributed by atoms with E-state index in [0.29, 0.717) is 22.7 Å². The third-order valence-electron chi connectivity index (χ3n) is 3.24. The molecule has 0 aliphatic heterocycles. The van der Waals surface area contributed by atoms with Gasteiger partial charge in [0.15, 0.2) is 5.78 Å². The number of amides is 1. The molecule has 2 aromatic rings. The third-order valence-corrected chi connectivity index (χ3v) is 3.24. The van der Waals surface area contributed by atoms with Crippen molar-refractivity contribution in [2.75, 3.05) is 17.2 Å². The van der Waals surface area contributed by atoms with E-state index >= 15 is 0 Å². The van der Waals surface area contributed by atoms with E-state index in [1.54, 1.807) is 36.5 Å². The largest absolute Gasteiger partial charge is 0.384 e. The molecular weight excluding hydrogens is 290 g/mol. The minimum Gasteiger partial charge on any atom is -0.384 e. The fourth-order valence-corrected chi connectivity index (χ4v) is 2.00. The van der Waals surface area contributed by atoms with Crippen LogP contribution in [0.5, 0.6) is 0 Å². The minimum absolute atomic E-state index is 0.0392. The number of nitrogens with one attached hydrogen (secondary N) is 2. The smallest absolute Gasteiger partial charge is 0.257 e. The predicted molar refractivity (Wildman–Crippen MR) is 92.0 cm³/mol. The second kappa shape index (κ2) is 7.54. The molecule has 1 aromatic heterocycles. The average molecular weight is 311 g/mol. The molecule has 23 heavy (non-hydrogen) atoms. The number of anilines is 2. The Morgan fingerprint density at radius 2 is 1.83 bits per heavy atom. The van der Waals surface area contributed by atoms with Gasteiger partial charge in [-0.3, -0.25) is 14.6 Å². The van der Waals surface area contributed by atoms with Crippen LogP contribution < -0.4 is 10.6 Å². The third kappa shape index (κ3) is 4.92. The fraction of sp³-hybridized carbons (Fsp3) is 0.278. The molecule has 120 valence electrons. The first-order valence-corrected chi connectivity index (χ1v) is 7.57. The number of benzene rings is 1. The molecule has 0 unspecified atom stereocenters. The van der Waals surface area contributed by atoms with Crippen molar-refractivity contribution in [3.63, 3.8) is 0 Å². The van der Waals surface area contributed by atoms with Crippen LogP contribution in [0, 0.1) is 5.92 Å². The Bertz CT molecular complexity index is 711. The summed E-state index contributed by atoms with van der Waals surface area (Å²) in [5, 5.41) is 6.03. The molecule has 0 saturated heterocycles. The van der Waals surface area contributed by atoms with Crippen LogP contribution in [-0.4, -0.2) is 23.2 Å². The number of pyridine rings is 1. The first kappa shape index (κ1) is 16.7. The van der Waals surface area contributed by atoms with Crippen LogP contribution in [0.4, 0.5) is 11.4 Å². The number of carbonyl (C=O) groups excluding carboxylic acids is 2. The lowest BCUT2D eigenvalue weighted by Crippen LogP contribution is -2.14. The number of hydrogen-bond donors (Lipinski definition) is 2. The summed E-state index contributed by atoms with van der Waals surface area (Å²) in [5.41, 5.74) is 2.42. The van der Waals surface area contributed by atoms with E-state index in [-0.39, 0.29) is 11.7 Å². The normalized spacial score (nSPS) is 10.4. The van der Waals surface area contributed by atoms with Gasteiger partial charge < -0.3 is 10.6 Å². The van der Waals surface area contributed by atoms with Gasteiger partial charge in [0, 0.05) is 30.2 Å². The molecule has 2 rings (SSSR count). The van der Waals surface area contributed by atoms with Gasteiger partial charge in [0.05, 0.1) is 11.3 Å². The van der Waals surface area contributed by atoms with Crippen molar-refractivity contribution < 1.29 is 9.59 Å². The van der Waals surface area contributed by atoms with Crippen molar-refractivity contribution in [3.05, 3.63) is 53.9 Å².